The van der Waals surface area contributed by atoms with Gasteiger partial charge >= 0.3 is 31.6 Å². The third-order valence-electron chi connectivity index (χ3n) is 4.01. The van der Waals surface area contributed by atoms with Crippen molar-refractivity contribution in [2.24, 2.45) is 0 Å². The number of hydrogen-bond acceptors (Lipinski definition) is 14. The number of aromatic nitrogens is 4. The maximum Gasteiger partial charge on any atom is 0.488 e. The Morgan fingerprint density at radius 2 is 2.10 bits per heavy atom. The van der Waals surface area contributed by atoms with E-state index in [4.69, 9.17) is 15.0 Å². The summed E-state index contributed by atoms with van der Waals surface area (Å²) in [6, 6.07) is 0. The van der Waals surface area contributed by atoms with Crippen molar-refractivity contribution in [2.45, 2.75) is 23.8 Å². The summed E-state index contributed by atoms with van der Waals surface area (Å²) >= 11 is 0. The highest BCUT2D eigenvalue weighted by Crippen LogP contribution is 2.51. The van der Waals surface area contributed by atoms with Crippen molar-refractivity contribution in [3.8, 4) is 0 Å². The van der Waals surface area contributed by atoms with Gasteiger partial charge < -0.3 is 30.5 Å². The predicted molar refractivity (Wildman–Crippen MR) is 90.6 cm³/mol. The van der Waals surface area contributed by atoms with E-state index in [2.05, 4.69) is 23.4 Å². The lowest BCUT2D eigenvalue weighted by Gasteiger charge is -2.22. The van der Waals surface area contributed by atoms with Gasteiger partial charge in [-0.05, 0) is 0 Å². The molecule has 2 unspecified atom stereocenters. The Hall–Kier alpha value is -1.69. The Kier molecular flexibility index (Phi) is 5.96. The van der Waals surface area contributed by atoms with Gasteiger partial charge in [-0.15, -0.1) is 3.97 Å². The summed E-state index contributed by atoms with van der Waals surface area (Å²) in [5.74, 6) is -0.0418. The van der Waals surface area contributed by atoms with Crippen LogP contribution in [0.4, 0.5) is 5.82 Å². The van der Waals surface area contributed by atoms with Crippen molar-refractivity contribution in [1.29, 1.82) is 0 Å². The molecule has 20 heteroatoms. The Bertz CT molecular complexity index is 1140. The fraction of sp³-hybridized carbons (Fsp3) is 0.500. The van der Waals surface area contributed by atoms with Crippen LogP contribution in [0.1, 0.15) is 6.23 Å². The van der Waals surface area contributed by atoms with Gasteiger partial charge in [-0.1, -0.05) is 4.57 Å². The molecule has 0 spiro atoms. The topological polar surface area (TPSA) is 270 Å². The number of phosphoric acid groups is 1. The molecule has 1 fully saturated rings. The van der Waals surface area contributed by atoms with Crippen LogP contribution in [-0.4, -0.2) is 71.8 Å². The van der Waals surface area contributed by atoms with E-state index in [1.807, 2.05) is 0 Å². The largest absolute Gasteiger partial charge is 0.593 e. The molecule has 166 valence electrons. The lowest BCUT2D eigenvalue weighted by atomic mass is 10.1. The number of fused-ring (bicyclic) bond motifs is 1. The minimum Gasteiger partial charge on any atom is -0.593 e. The third-order valence-corrected chi connectivity index (χ3v) is 7.13. The molecule has 2 aromatic rings. The van der Waals surface area contributed by atoms with Crippen LogP contribution in [-0.2, 0) is 32.8 Å². The van der Waals surface area contributed by atoms with Crippen LogP contribution >= 0.6 is 15.9 Å². The van der Waals surface area contributed by atoms with Crippen LogP contribution in [0, 0.1) is 0 Å². The maximum atomic E-state index is 11.7. The van der Waals surface area contributed by atoms with E-state index in [1.54, 1.807) is 0 Å². The quantitative estimate of drug-likeness (QED) is 0.197. The Morgan fingerprint density at radius 1 is 1.43 bits per heavy atom. The van der Waals surface area contributed by atoms with Crippen LogP contribution in [0.25, 0.3) is 11.2 Å². The smallest absolute Gasteiger partial charge is 0.488 e. The molecule has 3 rings (SSSR count). The van der Waals surface area contributed by atoms with Crippen molar-refractivity contribution in [2.75, 3.05) is 12.3 Å². The summed E-state index contributed by atoms with van der Waals surface area (Å²) in [7, 11) is -14.7. The molecular weight excluding hydrogens is 476 g/mol. The second kappa shape index (κ2) is 7.77. The molecule has 17 nitrogen and oxygen atoms in total. The molecular formula is C10H13N5O12P2S. The maximum absolute atomic E-state index is 11.7. The lowest BCUT2D eigenvalue weighted by Crippen LogP contribution is -2.48. The molecule has 1 saturated heterocycles. The third kappa shape index (κ3) is 4.20. The van der Waals surface area contributed by atoms with Gasteiger partial charge in [-0.3, -0.25) is 13.6 Å². The number of imidazole rings is 1. The second-order valence-corrected chi connectivity index (χ2v) is 9.73. The Balaban J connectivity index is 1.92. The number of aliphatic hydroxyl groups excluding tert-OH is 1. The molecule has 3 heterocycles. The predicted octanol–water partition coefficient (Wildman–Crippen LogP) is -2.61. The van der Waals surface area contributed by atoms with Gasteiger partial charge in [-0.2, -0.15) is 8.42 Å². The van der Waals surface area contributed by atoms with Crippen molar-refractivity contribution >= 4 is 43.2 Å². The molecule has 6 N–H and O–H groups in total. The first-order chi connectivity index (χ1) is 13.8. The lowest BCUT2D eigenvalue weighted by molar-refractivity contribution is -0.189. The van der Waals surface area contributed by atoms with Gasteiger partial charge in [0.05, 0.1) is 12.9 Å². The van der Waals surface area contributed by atoms with Crippen LogP contribution in [0.2, 0.25) is 0 Å². The Morgan fingerprint density at radius 3 is 2.70 bits per heavy atom. The molecule has 30 heavy (non-hydrogen) atoms. The minimum atomic E-state index is -5.46. The summed E-state index contributed by atoms with van der Waals surface area (Å²) in [5, 5.41) is 17.9. The average Bonchev–Trinajstić information content (AvgIpc) is 3.13. The highest BCUT2D eigenvalue weighted by Gasteiger charge is 2.66. The van der Waals surface area contributed by atoms with Crippen molar-refractivity contribution in [3.05, 3.63) is 12.7 Å². The minimum absolute atomic E-state index is 0.000804. The van der Waals surface area contributed by atoms with Crippen LogP contribution in [0.15, 0.2) is 12.7 Å². The molecule has 0 saturated carbocycles. The fourth-order valence-corrected chi connectivity index (χ4v) is 4.87. The first kappa shape index (κ1) is 23.0. The zero-order valence-corrected chi connectivity index (χ0v) is 16.9. The van der Waals surface area contributed by atoms with Crippen molar-refractivity contribution in [3.63, 3.8) is 0 Å². The number of nitrogen functional groups attached to an aromatic ring is 1. The standard InChI is InChI=1S/C10H13N5O12P2S/c11-7-5-8(13-2-12-7)15(3-14-5)9-6(16)10(17,28(18)19)4(26-9)1-25-29(20,21)27-30(22,23)24/h2-4,6,9,16-17H,1H2,(H,20,21)(H2,11,12,13)(H,22,23,24)/t4-,6+,9-,10+/m1/s1. The van der Waals surface area contributed by atoms with E-state index in [9.17, 15) is 37.5 Å². The number of ether oxygens (including phenoxy) is 1. The number of aliphatic hydroxyl groups is 2. The van der Waals surface area contributed by atoms with Crippen molar-refractivity contribution < 1.29 is 55.3 Å². The van der Waals surface area contributed by atoms with E-state index in [1.165, 1.54) is 0 Å². The first-order valence-corrected chi connectivity index (χ1v) is 11.6. The van der Waals surface area contributed by atoms with Crippen molar-refractivity contribution in [1.82, 2.24) is 19.5 Å². The van der Waals surface area contributed by atoms with Crippen LogP contribution in [0.5, 0.6) is 0 Å². The highest BCUT2D eigenvalue weighted by atomic mass is 32.3. The Labute approximate surface area is 167 Å². The van der Waals surface area contributed by atoms with E-state index < -0.39 is 56.6 Å². The molecule has 0 bridgehead atoms. The van der Waals surface area contributed by atoms with E-state index >= 15 is 0 Å². The fourth-order valence-electron chi connectivity index (χ4n) is 2.71. The van der Waals surface area contributed by atoms with Crippen LogP contribution in [0.3, 0.4) is 0 Å². The van der Waals surface area contributed by atoms with Gasteiger partial charge in [0.15, 0.2) is 29.9 Å². The number of nitrogens with two attached hydrogens (primary N) is 1. The molecule has 0 radical (unpaired) electrons. The van der Waals surface area contributed by atoms with Gasteiger partial charge in [0.25, 0.3) is 0 Å². The number of nitrogens with zero attached hydrogens (tertiary/aromatic N) is 4. The summed E-state index contributed by atoms with van der Waals surface area (Å²) in [5.41, 5.74) is 5.71. The van der Waals surface area contributed by atoms with E-state index in [-0.39, 0.29) is 17.0 Å². The van der Waals surface area contributed by atoms with Gasteiger partial charge in [0.1, 0.15) is 11.8 Å². The normalized spacial score (nSPS) is 29.8. The number of anilines is 1. The summed E-state index contributed by atoms with van der Waals surface area (Å²) in [4.78, 5) is 32.4. The van der Waals surface area contributed by atoms with Gasteiger partial charge in [0.2, 0.25) is 0 Å². The summed E-state index contributed by atoms with van der Waals surface area (Å²) in [6.45, 7) is -1.25. The van der Waals surface area contributed by atoms with E-state index in [0.29, 0.717) is 0 Å². The van der Waals surface area contributed by atoms with Crippen LogP contribution < -0.4 is 10.6 Å². The molecule has 1 aliphatic rings. The summed E-state index contributed by atoms with van der Waals surface area (Å²) < 4.78 is 66.8. The summed E-state index contributed by atoms with van der Waals surface area (Å²) in [6.07, 6.45) is -3.73. The number of hydrogen-bond donors (Lipinski definition) is 5. The number of phosphoric ester groups is 1. The average molecular weight is 489 g/mol. The molecule has 6 atom stereocenters. The highest BCUT2D eigenvalue weighted by molar-refractivity contribution is 7.85. The number of rotatable bonds is 7. The second-order valence-electron chi connectivity index (χ2n) is 5.85. The van der Waals surface area contributed by atoms with E-state index in [0.717, 1.165) is 17.2 Å². The molecule has 0 amide bonds. The molecule has 0 aromatic carbocycles. The zero-order chi connectivity index (χ0) is 22.5. The molecule has 0 aliphatic carbocycles. The molecule has 1 aliphatic heterocycles. The van der Waals surface area contributed by atoms with Gasteiger partial charge in [0, 0.05) is 0 Å². The first-order valence-electron chi connectivity index (χ1n) is 7.55. The zero-order valence-electron chi connectivity index (χ0n) is 14.3. The van der Waals surface area contributed by atoms with Gasteiger partial charge in [-0.25, -0.2) is 19.5 Å². The molecule has 2 aromatic heterocycles. The monoisotopic (exact) mass is 489 g/mol. The SMILES string of the molecule is Nc1ncnc2c1ncn2[C@@H]1O[C@H](COP(=O)(O)OS(=O)(=O)O)[C@](O)([P+](=O)[O-])[C@H]1O.